The molecule has 0 N–H and O–H groups in total. The highest BCUT2D eigenvalue weighted by Crippen LogP contribution is 2.21. The molecule has 0 aromatic heterocycles. The third kappa shape index (κ3) is 6.81. The Morgan fingerprint density at radius 1 is 0.810 bits per heavy atom. The van der Waals surface area contributed by atoms with Crippen LogP contribution in [0.1, 0.15) is 26.3 Å². The number of ether oxygens (including phenoxy) is 2. The van der Waals surface area contributed by atoms with E-state index in [2.05, 4.69) is 4.90 Å². The van der Waals surface area contributed by atoms with Crippen LogP contribution in [0.15, 0.2) is 97.1 Å². The molecule has 1 aliphatic heterocycles. The Kier molecular flexibility index (Phi) is 9.51. The van der Waals surface area contributed by atoms with Gasteiger partial charge in [0.2, 0.25) is 0 Å². The van der Waals surface area contributed by atoms with Gasteiger partial charge in [-0.3, -0.25) is 14.5 Å². The number of hydrogen-bond acceptors (Lipinski definition) is 5. The van der Waals surface area contributed by atoms with Gasteiger partial charge in [0.1, 0.15) is 11.5 Å². The number of carbonyl (C=O) groups is 2. The maximum atomic E-state index is 13.5. The fourth-order valence-electron chi connectivity index (χ4n) is 5.32. The van der Waals surface area contributed by atoms with Gasteiger partial charge in [0.05, 0.1) is 14.2 Å². The Morgan fingerprint density at radius 3 is 2.29 bits per heavy atom. The molecule has 4 aromatic rings. The van der Waals surface area contributed by atoms with Crippen LogP contribution in [-0.4, -0.2) is 86.5 Å². The minimum absolute atomic E-state index is 0.0351. The van der Waals surface area contributed by atoms with E-state index in [1.54, 1.807) is 26.4 Å². The zero-order chi connectivity index (χ0) is 29.3. The Hall–Kier alpha value is -4.62. The van der Waals surface area contributed by atoms with E-state index >= 15 is 0 Å². The molecule has 2 amide bonds. The Morgan fingerprint density at radius 2 is 1.52 bits per heavy atom. The molecule has 4 aromatic carbocycles. The van der Waals surface area contributed by atoms with Gasteiger partial charge in [-0.1, -0.05) is 66.7 Å². The Labute approximate surface area is 247 Å². The number of nitrogens with zero attached hydrogens (tertiary/aromatic N) is 3. The molecular weight excluding hydrogens is 526 g/mol. The second kappa shape index (κ2) is 13.8. The second-order valence-corrected chi connectivity index (χ2v) is 10.3. The lowest BCUT2D eigenvalue weighted by atomic mass is 10.0. The van der Waals surface area contributed by atoms with E-state index in [9.17, 15) is 9.59 Å². The number of para-hydroxylation sites is 1. The molecule has 1 saturated heterocycles. The summed E-state index contributed by atoms with van der Waals surface area (Å²) in [6, 6.07) is 28.9. The highest BCUT2D eigenvalue weighted by atomic mass is 16.5. The molecule has 5 rings (SSSR count). The van der Waals surface area contributed by atoms with E-state index in [1.807, 2.05) is 101 Å². The van der Waals surface area contributed by atoms with Gasteiger partial charge >= 0.3 is 0 Å². The molecule has 7 heteroatoms. The Balaban J connectivity index is 1.22. The van der Waals surface area contributed by atoms with Crippen molar-refractivity contribution in [3.8, 4) is 11.5 Å². The lowest BCUT2D eigenvalue weighted by Crippen LogP contribution is -2.50. The van der Waals surface area contributed by atoms with Gasteiger partial charge in [0, 0.05) is 62.5 Å². The van der Waals surface area contributed by atoms with Crippen molar-refractivity contribution >= 4 is 28.7 Å². The first kappa shape index (κ1) is 28.9. The average Bonchev–Trinajstić information content (AvgIpc) is 3.06. The van der Waals surface area contributed by atoms with Crippen molar-refractivity contribution < 1.29 is 19.1 Å². The zero-order valence-electron chi connectivity index (χ0n) is 24.2. The standard InChI is InChI=1S/C35H37N3O4/c1-41-30-18-16-29(17-19-30)34(39)37(20-8-12-28-10-4-6-15-33(28)42-2)24-21-36-22-25-38(26-23-36)35(40)32-14-7-11-27-9-3-5-13-31(27)32/h3-19H,20-26H2,1-2H3/b12-8+. The maximum Gasteiger partial charge on any atom is 0.254 e. The molecule has 0 atom stereocenters. The third-order valence-electron chi connectivity index (χ3n) is 7.75. The van der Waals surface area contributed by atoms with Crippen LogP contribution >= 0.6 is 0 Å². The highest BCUT2D eigenvalue weighted by molar-refractivity contribution is 6.07. The van der Waals surface area contributed by atoms with E-state index in [1.165, 1.54) is 0 Å². The van der Waals surface area contributed by atoms with Crippen molar-refractivity contribution in [2.24, 2.45) is 0 Å². The van der Waals surface area contributed by atoms with Gasteiger partial charge < -0.3 is 19.3 Å². The van der Waals surface area contributed by atoms with Gasteiger partial charge in [-0.2, -0.15) is 0 Å². The molecule has 0 spiro atoms. The van der Waals surface area contributed by atoms with E-state index in [-0.39, 0.29) is 11.8 Å². The molecule has 216 valence electrons. The van der Waals surface area contributed by atoms with Crippen LogP contribution in [0.2, 0.25) is 0 Å². The number of fused-ring (bicyclic) bond motifs is 1. The van der Waals surface area contributed by atoms with Crippen molar-refractivity contribution in [1.29, 1.82) is 0 Å². The lowest BCUT2D eigenvalue weighted by Gasteiger charge is -2.36. The van der Waals surface area contributed by atoms with E-state index < -0.39 is 0 Å². The minimum Gasteiger partial charge on any atom is -0.497 e. The van der Waals surface area contributed by atoms with Crippen LogP contribution < -0.4 is 9.47 Å². The molecule has 1 aliphatic rings. The monoisotopic (exact) mass is 563 g/mol. The van der Waals surface area contributed by atoms with E-state index in [0.717, 1.165) is 47.3 Å². The number of rotatable bonds is 10. The summed E-state index contributed by atoms with van der Waals surface area (Å²) in [7, 11) is 3.27. The summed E-state index contributed by atoms with van der Waals surface area (Å²) < 4.78 is 10.7. The van der Waals surface area contributed by atoms with Crippen LogP contribution in [0.5, 0.6) is 11.5 Å². The SMILES string of the molecule is COc1ccc(C(=O)N(C/C=C/c2ccccc2OC)CCN2CCN(C(=O)c3cccc4ccccc34)CC2)cc1. The normalized spacial score (nSPS) is 13.8. The second-order valence-electron chi connectivity index (χ2n) is 10.3. The summed E-state index contributed by atoms with van der Waals surface area (Å²) in [5.74, 6) is 1.54. The number of methoxy groups -OCH3 is 2. The van der Waals surface area contributed by atoms with E-state index in [4.69, 9.17) is 9.47 Å². The molecular formula is C35H37N3O4. The lowest BCUT2D eigenvalue weighted by molar-refractivity contribution is 0.0611. The van der Waals surface area contributed by atoms with Gasteiger partial charge in [-0.05, 0) is 47.2 Å². The highest BCUT2D eigenvalue weighted by Gasteiger charge is 2.24. The van der Waals surface area contributed by atoms with Crippen LogP contribution in [-0.2, 0) is 0 Å². The summed E-state index contributed by atoms with van der Waals surface area (Å²) in [6.45, 7) is 4.59. The Bertz CT molecular complexity index is 1540. The first-order chi connectivity index (χ1) is 20.6. The van der Waals surface area contributed by atoms with Crippen molar-refractivity contribution in [2.75, 3.05) is 60.0 Å². The molecule has 1 fully saturated rings. The van der Waals surface area contributed by atoms with E-state index in [0.29, 0.717) is 37.5 Å². The van der Waals surface area contributed by atoms with Crippen LogP contribution in [0, 0.1) is 0 Å². The molecule has 0 unspecified atom stereocenters. The van der Waals surface area contributed by atoms with Crippen LogP contribution in [0.25, 0.3) is 16.8 Å². The molecule has 0 bridgehead atoms. The number of carbonyl (C=O) groups excluding carboxylic acids is 2. The van der Waals surface area contributed by atoms with Crippen molar-refractivity contribution in [1.82, 2.24) is 14.7 Å². The summed E-state index contributed by atoms with van der Waals surface area (Å²) in [5.41, 5.74) is 2.33. The number of amides is 2. The minimum atomic E-state index is -0.0351. The summed E-state index contributed by atoms with van der Waals surface area (Å²) in [5, 5.41) is 2.06. The number of hydrogen-bond donors (Lipinski definition) is 0. The molecule has 0 saturated carbocycles. The summed E-state index contributed by atoms with van der Waals surface area (Å²) >= 11 is 0. The van der Waals surface area contributed by atoms with Gasteiger partial charge in [-0.15, -0.1) is 0 Å². The zero-order valence-corrected chi connectivity index (χ0v) is 24.2. The smallest absolute Gasteiger partial charge is 0.254 e. The molecule has 0 aliphatic carbocycles. The number of benzene rings is 4. The molecule has 1 heterocycles. The predicted octanol–water partition coefficient (Wildman–Crippen LogP) is 5.47. The molecule has 7 nitrogen and oxygen atoms in total. The van der Waals surface area contributed by atoms with Crippen LogP contribution in [0.3, 0.4) is 0 Å². The van der Waals surface area contributed by atoms with Crippen LogP contribution in [0.4, 0.5) is 0 Å². The largest absolute Gasteiger partial charge is 0.497 e. The quantitative estimate of drug-likeness (QED) is 0.256. The first-order valence-corrected chi connectivity index (χ1v) is 14.3. The number of piperazine rings is 1. The maximum absolute atomic E-state index is 13.5. The van der Waals surface area contributed by atoms with Gasteiger partial charge in [0.25, 0.3) is 11.8 Å². The fraction of sp³-hybridized carbons (Fsp3) is 0.257. The topological polar surface area (TPSA) is 62.3 Å². The van der Waals surface area contributed by atoms with Gasteiger partial charge in [0.15, 0.2) is 0 Å². The first-order valence-electron chi connectivity index (χ1n) is 14.3. The van der Waals surface area contributed by atoms with Crippen molar-refractivity contribution in [2.45, 2.75) is 0 Å². The summed E-state index contributed by atoms with van der Waals surface area (Å²) in [6.07, 6.45) is 3.99. The predicted molar refractivity (Wildman–Crippen MR) is 167 cm³/mol. The van der Waals surface area contributed by atoms with Gasteiger partial charge in [-0.25, -0.2) is 0 Å². The van der Waals surface area contributed by atoms with Crippen molar-refractivity contribution in [3.63, 3.8) is 0 Å². The van der Waals surface area contributed by atoms with Crippen molar-refractivity contribution in [3.05, 3.63) is 114 Å². The molecule has 42 heavy (non-hydrogen) atoms. The summed E-state index contributed by atoms with van der Waals surface area (Å²) in [4.78, 5) is 33.1. The average molecular weight is 564 g/mol. The fourth-order valence-corrected chi connectivity index (χ4v) is 5.32. The third-order valence-corrected chi connectivity index (χ3v) is 7.75. The molecule has 0 radical (unpaired) electrons.